The number of anilines is 1. The Bertz CT molecular complexity index is 955. The van der Waals surface area contributed by atoms with Gasteiger partial charge in [-0.2, -0.15) is 0 Å². The van der Waals surface area contributed by atoms with Gasteiger partial charge in [0.2, 0.25) is 5.91 Å². The molecule has 144 valence electrons. The highest BCUT2D eigenvalue weighted by Crippen LogP contribution is 2.34. The Balaban J connectivity index is 1.34. The molecule has 3 heterocycles. The van der Waals surface area contributed by atoms with Crippen molar-refractivity contribution in [1.82, 2.24) is 4.90 Å². The van der Waals surface area contributed by atoms with E-state index in [9.17, 15) is 14.4 Å². The van der Waals surface area contributed by atoms with Gasteiger partial charge in [0.15, 0.2) is 11.5 Å². The minimum atomic E-state index is -0.365. The predicted molar refractivity (Wildman–Crippen MR) is 108 cm³/mol. The highest BCUT2D eigenvalue weighted by Gasteiger charge is 2.35. The number of thiophene rings is 1. The minimum absolute atomic E-state index is 0.0127. The fourth-order valence-electron chi connectivity index (χ4n) is 2.75. The van der Waals surface area contributed by atoms with E-state index in [4.69, 9.17) is 9.47 Å². The van der Waals surface area contributed by atoms with E-state index >= 15 is 0 Å². The van der Waals surface area contributed by atoms with Gasteiger partial charge in [-0.3, -0.25) is 19.3 Å². The molecule has 2 aromatic rings. The predicted octanol–water partition coefficient (Wildman–Crippen LogP) is 3.58. The summed E-state index contributed by atoms with van der Waals surface area (Å²) in [4.78, 5) is 39.2. The highest BCUT2D eigenvalue weighted by atomic mass is 32.2. The summed E-state index contributed by atoms with van der Waals surface area (Å²) in [5.41, 5.74) is 0.570. The Hall–Kier alpha value is -2.78. The molecule has 4 rings (SSSR count). The Morgan fingerprint density at radius 2 is 2.00 bits per heavy atom. The van der Waals surface area contributed by atoms with E-state index in [0.717, 1.165) is 21.5 Å². The number of imide groups is 1. The first-order valence-electron chi connectivity index (χ1n) is 8.58. The van der Waals surface area contributed by atoms with Gasteiger partial charge in [-0.25, -0.2) is 0 Å². The average Bonchev–Trinajstić information content (AvgIpc) is 3.29. The number of nitrogens with zero attached hydrogens (tertiary/aromatic N) is 1. The second kappa shape index (κ2) is 8.07. The Morgan fingerprint density at radius 1 is 1.18 bits per heavy atom. The molecule has 2 aliphatic heterocycles. The van der Waals surface area contributed by atoms with Crippen LogP contribution in [-0.2, 0) is 9.59 Å². The number of amides is 3. The summed E-state index contributed by atoms with van der Waals surface area (Å²) >= 11 is 2.38. The second-order valence-corrected chi connectivity index (χ2v) is 7.98. The molecule has 1 saturated heterocycles. The van der Waals surface area contributed by atoms with E-state index in [1.165, 1.54) is 11.3 Å². The molecule has 9 heteroatoms. The molecule has 0 saturated carbocycles. The van der Waals surface area contributed by atoms with E-state index in [1.54, 1.807) is 24.3 Å². The molecule has 0 unspecified atom stereocenters. The van der Waals surface area contributed by atoms with E-state index in [1.807, 2.05) is 17.5 Å². The van der Waals surface area contributed by atoms with Gasteiger partial charge in [0.1, 0.15) is 13.2 Å². The van der Waals surface area contributed by atoms with Crippen molar-refractivity contribution in [3.8, 4) is 11.5 Å². The lowest BCUT2D eigenvalue weighted by Crippen LogP contribution is -2.31. The van der Waals surface area contributed by atoms with Gasteiger partial charge in [0, 0.05) is 29.6 Å². The quantitative estimate of drug-likeness (QED) is 0.750. The first kappa shape index (κ1) is 18.6. The topological polar surface area (TPSA) is 84.9 Å². The van der Waals surface area contributed by atoms with Gasteiger partial charge in [-0.05, 0) is 41.4 Å². The summed E-state index contributed by atoms with van der Waals surface area (Å²) in [6.07, 6.45) is 1.71. The van der Waals surface area contributed by atoms with Crippen LogP contribution in [0.1, 0.15) is 11.3 Å². The number of fused-ring (bicyclic) bond motifs is 1. The van der Waals surface area contributed by atoms with Crippen LogP contribution in [0.4, 0.5) is 10.5 Å². The highest BCUT2D eigenvalue weighted by molar-refractivity contribution is 8.18. The summed E-state index contributed by atoms with van der Waals surface area (Å²) in [6, 6.07) is 8.89. The molecule has 1 N–H and O–H groups in total. The second-order valence-electron chi connectivity index (χ2n) is 6.01. The molecule has 0 radical (unpaired) electrons. The molecule has 2 aliphatic rings. The summed E-state index contributed by atoms with van der Waals surface area (Å²) in [5, 5.41) is 4.29. The largest absolute Gasteiger partial charge is 0.486 e. The van der Waals surface area contributed by atoms with Crippen molar-refractivity contribution in [3.05, 3.63) is 45.5 Å². The maximum atomic E-state index is 12.4. The van der Waals surface area contributed by atoms with Crippen molar-refractivity contribution in [2.45, 2.75) is 6.42 Å². The standard InChI is InChI=1S/C19H16N2O5S2/c22-17(20-12-3-4-14-15(10-12)26-8-7-25-14)5-6-21-18(23)16(28-19(21)24)11-13-2-1-9-27-13/h1-4,9-11H,5-8H2,(H,20,22)/b16-11+. The molecule has 0 bridgehead atoms. The third-order valence-electron chi connectivity index (χ3n) is 4.08. The van der Waals surface area contributed by atoms with Crippen LogP contribution in [-0.4, -0.2) is 41.7 Å². The number of carbonyl (C=O) groups is 3. The van der Waals surface area contributed by atoms with Crippen molar-refractivity contribution >= 4 is 51.9 Å². The number of rotatable bonds is 5. The Morgan fingerprint density at radius 3 is 2.79 bits per heavy atom. The van der Waals surface area contributed by atoms with Crippen LogP contribution in [0.25, 0.3) is 6.08 Å². The fraction of sp³-hybridized carbons (Fsp3) is 0.211. The van der Waals surface area contributed by atoms with E-state index in [2.05, 4.69) is 5.32 Å². The average molecular weight is 416 g/mol. The van der Waals surface area contributed by atoms with E-state index in [0.29, 0.717) is 35.3 Å². The molecule has 0 aliphatic carbocycles. The normalized spacial score (nSPS) is 17.3. The fourth-order valence-corrected chi connectivity index (χ4v) is 4.34. The van der Waals surface area contributed by atoms with Gasteiger partial charge in [-0.1, -0.05) is 6.07 Å². The minimum Gasteiger partial charge on any atom is -0.486 e. The summed E-state index contributed by atoms with van der Waals surface area (Å²) in [5.74, 6) is 0.557. The lowest BCUT2D eigenvalue weighted by molar-refractivity contribution is -0.123. The SMILES string of the molecule is O=C(CCN1C(=O)S/C(=C/c2cccs2)C1=O)Nc1ccc2c(c1)OCCO2. The molecule has 3 amide bonds. The molecule has 7 nitrogen and oxygen atoms in total. The molecule has 0 spiro atoms. The first-order valence-corrected chi connectivity index (χ1v) is 10.3. The molecule has 0 atom stereocenters. The summed E-state index contributed by atoms with van der Waals surface area (Å²) < 4.78 is 10.9. The van der Waals surface area contributed by atoms with Gasteiger partial charge in [0.05, 0.1) is 4.91 Å². The van der Waals surface area contributed by atoms with Crippen LogP contribution in [0.3, 0.4) is 0 Å². The van der Waals surface area contributed by atoms with Crippen molar-refractivity contribution in [2.75, 3.05) is 25.1 Å². The van der Waals surface area contributed by atoms with E-state index < -0.39 is 0 Å². The number of thioether (sulfide) groups is 1. The smallest absolute Gasteiger partial charge is 0.293 e. The van der Waals surface area contributed by atoms with Crippen LogP contribution in [0.15, 0.2) is 40.6 Å². The van der Waals surface area contributed by atoms with Gasteiger partial charge in [0.25, 0.3) is 11.1 Å². The summed E-state index contributed by atoms with van der Waals surface area (Å²) in [7, 11) is 0. The van der Waals surface area contributed by atoms with E-state index in [-0.39, 0.29) is 30.0 Å². The van der Waals surface area contributed by atoms with Gasteiger partial charge < -0.3 is 14.8 Å². The number of hydrogen-bond donors (Lipinski definition) is 1. The zero-order valence-corrected chi connectivity index (χ0v) is 16.3. The zero-order chi connectivity index (χ0) is 19.5. The number of benzene rings is 1. The molecular weight excluding hydrogens is 400 g/mol. The molecule has 28 heavy (non-hydrogen) atoms. The monoisotopic (exact) mass is 416 g/mol. The lowest BCUT2D eigenvalue weighted by atomic mass is 10.2. The van der Waals surface area contributed by atoms with Gasteiger partial charge >= 0.3 is 0 Å². The molecule has 1 aromatic heterocycles. The first-order chi connectivity index (χ1) is 13.6. The molecule has 1 aromatic carbocycles. The third kappa shape index (κ3) is 4.05. The maximum Gasteiger partial charge on any atom is 0.293 e. The van der Waals surface area contributed by atoms with Crippen LogP contribution in [0.2, 0.25) is 0 Å². The summed E-state index contributed by atoms with van der Waals surface area (Å²) in [6.45, 7) is 0.989. The molecule has 1 fully saturated rings. The number of ether oxygens (including phenoxy) is 2. The molecular formula is C19H16N2O5S2. The number of carbonyl (C=O) groups excluding carboxylic acids is 3. The number of hydrogen-bond acceptors (Lipinski definition) is 7. The van der Waals surface area contributed by atoms with Crippen LogP contribution in [0.5, 0.6) is 11.5 Å². The van der Waals surface area contributed by atoms with Crippen molar-refractivity contribution in [1.29, 1.82) is 0 Å². The van der Waals surface area contributed by atoms with Crippen molar-refractivity contribution in [2.24, 2.45) is 0 Å². The van der Waals surface area contributed by atoms with Crippen molar-refractivity contribution < 1.29 is 23.9 Å². The van der Waals surface area contributed by atoms with Crippen LogP contribution >= 0.6 is 23.1 Å². The van der Waals surface area contributed by atoms with Crippen LogP contribution in [0, 0.1) is 0 Å². The number of nitrogens with one attached hydrogen (secondary N) is 1. The maximum absolute atomic E-state index is 12.4. The Labute approximate surface area is 169 Å². The third-order valence-corrected chi connectivity index (χ3v) is 5.81. The van der Waals surface area contributed by atoms with Crippen molar-refractivity contribution in [3.63, 3.8) is 0 Å². The van der Waals surface area contributed by atoms with Gasteiger partial charge in [-0.15, -0.1) is 11.3 Å². The zero-order valence-electron chi connectivity index (χ0n) is 14.7. The lowest BCUT2D eigenvalue weighted by Gasteiger charge is -2.19. The van der Waals surface area contributed by atoms with Crippen LogP contribution < -0.4 is 14.8 Å². The Kier molecular flexibility index (Phi) is 5.36.